The van der Waals surface area contributed by atoms with Gasteiger partial charge >= 0.3 is 21.1 Å². The van der Waals surface area contributed by atoms with Gasteiger partial charge in [0.25, 0.3) is 0 Å². The summed E-state index contributed by atoms with van der Waals surface area (Å²) in [6.45, 7) is 15.2. The molecule has 1 aliphatic carbocycles. The first-order valence-electron chi connectivity index (χ1n) is 15.4. The van der Waals surface area contributed by atoms with Crippen molar-refractivity contribution >= 4 is 27.7 Å². The molecule has 228 valence electrons. The Labute approximate surface area is 275 Å². The molecule has 3 aromatic carbocycles. The molecule has 2 aliphatic rings. The second-order valence-electron chi connectivity index (χ2n) is 13.7. The van der Waals surface area contributed by atoms with E-state index in [9.17, 15) is 0 Å². The third kappa shape index (κ3) is 5.28. The van der Waals surface area contributed by atoms with Gasteiger partial charge in [-0.25, -0.2) is 4.98 Å². The minimum absolute atomic E-state index is 0. The number of aliphatic imine (C=N–C) groups is 1. The summed E-state index contributed by atoms with van der Waals surface area (Å²) in [5, 5.41) is 2.29. The van der Waals surface area contributed by atoms with E-state index in [0.29, 0.717) is 17.4 Å². The quantitative estimate of drug-likeness (QED) is 0.172. The van der Waals surface area contributed by atoms with Crippen LogP contribution in [0.15, 0.2) is 59.7 Å². The molecule has 6 heteroatoms. The molecule has 0 N–H and O–H groups in total. The maximum absolute atomic E-state index is 6.55. The molecule has 0 spiro atoms. The number of ether oxygens (including phenoxy) is 2. The van der Waals surface area contributed by atoms with Crippen LogP contribution in [0.5, 0.6) is 11.5 Å². The Bertz CT molecular complexity index is 1930. The van der Waals surface area contributed by atoms with E-state index in [1.165, 1.54) is 29.4 Å². The summed E-state index contributed by atoms with van der Waals surface area (Å²) < 4.78 is 15.2. The summed E-state index contributed by atoms with van der Waals surface area (Å²) in [4.78, 5) is 9.90. The van der Waals surface area contributed by atoms with Gasteiger partial charge in [-0.2, -0.15) is 6.07 Å². The van der Waals surface area contributed by atoms with Gasteiger partial charge < -0.3 is 14.0 Å². The fourth-order valence-electron chi connectivity index (χ4n) is 6.66. The van der Waals surface area contributed by atoms with E-state index in [0.717, 1.165) is 51.8 Å². The molecular weight excluding hydrogens is 726 g/mol. The van der Waals surface area contributed by atoms with E-state index >= 15 is 0 Å². The molecule has 5 nitrogen and oxygen atoms in total. The van der Waals surface area contributed by atoms with Gasteiger partial charge in [0.15, 0.2) is 0 Å². The largest absolute Gasteiger partial charge is 2.00 e. The Morgan fingerprint density at radius 1 is 0.955 bits per heavy atom. The van der Waals surface area contributed by atoms with Gasteiger partial charge in [0, 0.05) is 23.2 Å². The molecule has 3 heterocycles. The van der Waals surface area contributed by atoms with Gasteiger partial charge in [-0.3, -0.25) is 4.99 Å². The van der Waals surface area contributed by atoms with Crippen molar-refractivity contribution in [2.45, 2.75) is 91.2 Å². The molecule has 0 amide bonds. The van der Waals surface area contributed by atoms with Gasteiger partial charge in [-0.05, 0) is 67.7 Å². The Morgan fingerprint density at radius 3 is 2.55 bits per heavy atom. The van der Waals surface area contributed by atoms with Gasteiger partial charge in [0.1, 0.15) is 17.8 Å². The standard InChI is InChI=1S/C38H39N3O2.Pt/c1-23-11-14-31-30(18-23)28-13-12-27(21-32(28)41(31)35-20-26(15-17-39-35)37(4,5)6)42-33-22-29(24(2)19-25(33)3)36-40-38(7)16-9-8-10-34(38)43-36;/h11-15,17-20,34H,8-10,16H2,1-7H3;/q-2;+2/t34-,38-;/m0./s1. The first-order valence-corrected chi connectivity index (χ1v) is 15.4. The van der Waals surface area contributed by atoms with E-state index in [1.54, 1.807) is 0 Å². The minimum atomic E-state index is -0.150. The van der Waals surface area contributed by atoms with Crippen molar-refractivity contribution < 1.29 is 30.5 Å². The van der Waals surface area contributed by atoms with Gasteiger partial charge in [-0.15, -0.1) is 29.1 Å². The molecule has 2 atom stereocenters. The molecule has 0 unspecified atom stereocenters. The average Bonchev–Trinajstić information content (AvgIpc) is 3.48. The summed E-state index contributed by atoms with van der Waals surface area (Å²) in [5.74, 6) is 2.85. The van der Waals surface area contributed by atoms with Gasteiger partial charge in [0.05, 0.1) is 5.54 Å². The van der Waals surface area contributed by atoms with E-state index < -0.39 is 0 Å². The number of hydrogen-bond donors (Lipinski definition) is 0. The molecule has 0 radical (unpaired) electrons. The minimum Gasteiger partial charge on any atom is -0.514 e. The smallest absolute Gasteiger partial charge is 0.514 e. The monoisotopic (exact) mass is 764 g/mol. The van der Waals surface area contributed by atoms with E-state index in [4.69, 9.17) is 19.5 Å². The topological polar surface area (TPSA) is 48.6 Å². The number of aromatic nitrogens is 2. The van der Waals surface area contributed by atoms with Crippen LogP contribution >= 0.6 is 0 Å². The number of rotatable bonds is 4. The zero-order valence-electron chi connectivity index (χ0n) is 26.6. The summed E-state index contributed by atoms with van der Waals surface area (Å²) >= 11 is 0. The Hall–Kier alpha value is -3.43. The van der Waals surface area contributed by atoms with Crippen LogP contribution in [-0.2, 0) is 31.2 Å². The third-order valence-electron chi connectivity index (χ3n) is 9.20. The van der Waals surface area contributed by atoms with Crippen LogP contribution in [0, 0.1) is 32.9 Å². The van der Waals surface area contributed by atoms with Crippen molar-refractivity contribution in [3.8, 4) is 17.3 Å². The molecule has 5 aromatic rings. The molecule has 2 aromatic heterocycles. The maximum atomic E-state index is 6.55. The van der Waals surface area contributed by atoms with Crippen LogP contribution in [0.25, 0.3) is 27.6 Å². The van der Waals surface area contributed by atoms with Crippen LogP contribution in [-0.4, -0.2) is 27.1 Å². The fraction of sp³-hybridized carbons (Fsp3) is 0.368. The normalized spacial score (nSPS) is 19.8. The number of hydrogen-bond acceptors (Lipinski definition) is 4. The van der Waals surface area contributed by atoms with Crippen molar-refractivity contribution in [2.75, 3.05) is 0 Å². The zero-order valence-corrected chi connectivity index (χ0v) is 28.8. The third-order valence-corrected chi connectivity index (χ3v) is 9.20. The first-order chi connectivity index (χ1) is 20.5. The van der Waals surface area contributed by atoms with E-state index in [2.05, 4.69) is 108 Å². The van der Waals surface area contributed by atoms with Crippen LogP contribution in [0.4, 0.5) is 0 Å². The number of aryl methyl sites for hydroxylation is 3. The summed E-state index contributed by atoms with van der Waals surface area (Å²) in [6.07, 6.45) is 6.54. The van der Waals surface area contributed by atoms with Crippen LogP contribution in [0.2, 0.25) is 0 Å². The molecular formula is C38H39N3O2Pt. The molecule has 0 bridgehead atoms. The molecule has 0 saturated heterocycles. The fourth-order valence-corrected chi connectivity index (χ4v) is 6.66. The number of fused-ring (bicyclic) bond motifs is 4. The Kier molecular flexibility index (Phi) is 7.77. The van der Waals surface area contributed by atoms with E-state index in [1.807, 2.05) is 12.3 Å². The predicted molar refractivity (Wildman–Crippen MR) is 174 cm³/mol. The van der Waals surface area contributed by atoms with Crippen LogP contribution < -0.4 is 4.74 Å². The van der Waals surface area contributed by atoms with Crippen LogP contribution in [0.1, 0.15) is 81.2 Å². The van der Waals surface area contributed by atoms with Crippen LogP contribution in [0.3, 0.4) is 0 Å². The second kappa shape index (κ2) is 11.2. The first kappa shape index (κ1) is 30.6. The Balaban J connectivity index is 0.00000343. The number of benzene rings is 3. The van der Waals surface area contributed by atoms with Crippen molar-refractivity contribution in [1.29, 1.82) is 0 Å². The molecule has 1 fully saturated rings. The van der Waals surface area contributed by atoms with Crippen molar-refractivity contribution in [2.24, 2.45) is 4.99 Å². The van der Waals surface area contributed by atoms with Crippen molar-refractivity contribution in [3.05, 3.63) is 94.7 Å². The summed E-state index contributed by atoms with van der Waals surface area (Å²) in [5.41, 5.74) is 7.30. The van der Waals surface area contributed by atoms with Crippen molar-refractivity contribution in [1.82, 2.24) is 9.55 Å². The summed E-state index contributed by atoms with van der Waals surface area (Å²) in [6, 6.07) is 24.3. The maximum Gasteiger partial charge on any atom is 2.00 e. The molecule has 7 rings (SSSR count). The number of pyridine rings is 1. The SMILES string of the molecule is Cc1ccc2c(c1)c1ccc(Oc3[c-]c(C4=N[C@@]5(C)CCCC[C@@H]5O4)c(C)cc3C)[c-]c1n2-c1cc(C(C)(C)C)ccn1.[Pt+2]. The van der Waals surface area contributed by atoms with Gasteiger partial charge in [0.2, 0.25) is 0 Å². The average molecular weight is 765 g/mol. The predicted octanol–water partition coefficient (Wildman–Crippen LogP) is 9.27. The molecule has 1 saturated carbocycles. The Morgan fingerprint density at radius 2 is 1.77 bits per heavy atom. The molecule has 1 aliphatic heterocycles. The van der Waals surface area contributed by atoms with Gasteiger partial charge in [-0.1, -0.05) is 81.4 Å². The second-order valence-corrected chi connectivity index (χ2v) is 13.7. The zero-order chi connectivity index (χ0) is 30.1. The molecule has 44 heavy (non-hydrogen) atoms. The van der Waals surface area contributed by atoms with E-state index in [-0.39, 0.29) is 38.1 Å². The summed E-state index contributed by atoms with van der Waals surface area (Å²) in [7, 11) is 0. The van der Waals surface area contributed by atoms with Crippen molar-refractivity contribution in [3.63, 3.8) is 0 Å². The number of nitrogens with zero attached hydrogens (tertiary/aromatic N) is 3.